The Morgan fingerprint density at radius 3 is 2.94 bits per heavy atom. The predicted octanol–water partition coefficient (Wildman–Crippen LogP) is 4.00. The quantitative estimate of drug-likeness (QED) is 0.845. The van der Waals surface area contributed by atoms with Gasteiger partial charge in [0, 0.05) is 22.5 Å². The van der Waals surface area contributed by atoms with E-state index in [1.807, 2.05) is 0 Å². The highest BCUT2D eigenvalue weighted by molar-refractivity contribution is 7.07. The Morgan fingerprint density at radius 2 is 2.24 bits per heavy atom. The minimum Gasteiger partial charge on any atom is -0.427 e. The van der Waals surface area contributed by atoms with Gasteiger partial charge < -0.3 is 4.74 Å². The Morgan fingerprint density at radius 1 is 1.41 bits per heavy atom. The van der Waals surface area contributed by atoms with Crippen molar-refractivity contribution in [1.29, 1.82) is 0 Å². The molecule has 1 saturated carbocycles. The van der Waals surface area contributed by atoms with Gasteiger partial charge in [0.05, 0.1) is 0 Å². The summed E-state index contributed by atoms with van der Waals surface area (Å²) in [5.41, 5.74) is 0. The first-order chi connectivity index (χ1) is 8.22. The highest BCUT2D eigenvalue weighted by Crippen LogP contribution is 2.40. The van der Waals surface area contributed by atoms with Gasteiger partial charge in [-0.2, -0.15) is 9.36 Å². The number of aromatic nitrogens is 2. The third kappa shape index (κ3) is 2.40. The van der Waals surface area contributed by atoms with E-state index in [4.69, 9.17) is 16.3 Å². The van der Waals surface area contributed by atoms with Crippen LogP contribution in [0, 0.1) is 5.82 Å². The van der Waals surface area contributed by atoms with E-state index in [1.165, 1.54) is 12.1 Å². The lowest BCUT2D eigenvalue weighted by Gasteiger charge is -2.02. The van der Waals surface area contributed by atoms with Crippen molar-refractivity contribution in [2.75, 3.05) is 0 Å². The smallest absolute Gasteiger partial charge is 0.298 e. The second kappa shape index (κ2) is 4.23. The summed E-state index contributed by atoms with van der Waals surface area (Å²) in [4.78, 5) is 4.22. The molecule has 1 fully saturated rings. The predicted molar refractivity (Wildman–Crippen MR) is 63.4 cm³/mol. The largest absolute Gasteiger partial charge is 0.427 e. The number of hydrogen-bond acceptors (Lipinski definition) is 4. The SMILES string of the molecule is Fc1cc(Cl)ccc1Oc1nc(C2CC2)ns1. The molecule has 1 aliphatic carbocycles. The zero-order valence-electron chi connectivity index (χ0n) is 8.69. The molecule has 0 saturated heterocycles. The van der Waals surface area contributed by atoms with Gasteiger partial charge >= 0.3 is 0 Å². The van der Waals surface area contributed by atoms with Crippen LogP contribution in [-0.4, -0.2) is 9.36 Å². The average molecular weight is 271 g/mol. The summed E-state index contributed by atoms with van der Waals surface area (Å²) in [6.45, 7) is 0. The fraction of sp³-hybridized carbons (Fsp3) is 0.273. The van der Waals surface area contributed by atoms with E-state index < -0.39 is 5.82 Å². The summed E-state index contributed by atoms with van der Waals surface area (Å²) >= 11 is 6.80. The number of ether oxygens (including phenoxy) is 1. The summed E-state index contributed by atoms with van der Waals surface area (Å²) < 4.78 is 23.0. The summed E-state index contributed by atoms with van der Waals surface area (Å²) in [6.07, 6.45) is 2.26. The molecule has 0 unspecified atom stereocenters. The normalized spacial score (nSPS) is 14.9. The Hall–Kier alpha value is -1.20. The summed E-state index contributed by atoms with van der Waals surface area (Å²) in [7, 11) is 0. The van der Waals surface area contributed by atoms with Crippen LogP contribution in [0.2, 0.25) is 5.02 Å². The molecule has 0 atom stereocenters. The Labute approximate surface area is 106 Å². The van der Waals surface area contributed by atoms with Gasteiger partial charge in [-0.1, -0.05) is 11.6 Å². The molecule has 0 N–H and O–H groups in total. The number of nitrogens with zero attached hydrogens (tertiary/aromatic N) is 2. The van der Waals surface area contributed by atoms with Crippen molar-refractivity contribution in [3.8, 4) is 10.9 Å². The fourth-order valence-electron chi connectivity index (χ4n) is 1.42. The molecule has 0 radical (unpaired) electrons. The second-order valence-corrected chi connectivity index (χ2v) is 5.02. The third-order valence-electron chi connectivity index (χ3n) is 2.46. The van der Waals surface area contributed by atoms with Crippen molar-refractivity contribution < 1.29 is 9.13 Å². The topological polar surface area (TPSA) is 35.0 Å². The van der Waals surface area contributed by atoms with E-state index in [0.717, 1.165) is 30.2 Å². The Kier molecular flexibility index (Phi) is 2.72. The zero-order chi connectivity index (χ0) is 11.8. The maximum absolute atomic E-state index is 13.5. The van der Waals surface area contributed by atoms with Crippen LogP contribution in [-0.2, 0) is 0 Å². The second-order valence-electron chi connectivity index (χ2n) is 3.87. The molecule has 3 rings (SSSR count). The number of halogens is 2. The molecule has 0 aliphatic heterocycles. The van der Waals surface area contributed by atoms with Crippen molar-refractivity contribution in [1.82, 2.24) is 9.36 Å². The first kappa shape index (κ1) is 10.9. The molecule has 1 aromatic carbocycles. The molecular weight excluding hydrogens is 263 g/mol. The lowest BCUT2D eigenvalue weighted by Crippen LogP contribution is -1.88. The van der Waals surface area contributed by atoms with Crippen LogP contribution in [0.5, 0.6) is 10.9 Å². The van der Waals surface area contributed by atoms with Gasteiger partial charge in [-0.05, 0) is 31.0 Å². The molecule has 3 nitrogen and oxygen atoms in total. The summed E-state index contributed by atoms with van der Waals surface area (Å²) in [5, 5.41) is 0.707. The first-order valence-electron chi connectivity index (χ1n) is 5.19. The van der Waals surface area contributed by atoms with Crippen LogP contribution in [0.1, 0.15) is 24.6 Å². The average Bonchev–Trinajstić information content (AvgIpc) is 3.04. The summed E-state index contributed by atoms with van der Waals surface area (Å²) in [6, 6.07) is 4.26. The highest BCUT2D eigenvalue weighted by atomic mass is 35.5. The first-order valence-corrected chi connectivity index (χ1v) is 6.34. The maximum Gasteiger partial charge on any atom is 0.298 e. The highest BCUT2D eigenvalue weighted by Gasteiger charge is 2.28. The van der Waals surface area contributed by atoms with Gasteiger partial charge in [0.25, 0.3) is 5.19 Å². The third-order valence-corrected chi connectivity index (χ3v) is 3.30. The molecule has 88 valence electrons. The van der Waals surface area contributed by atoms with Crippen LogP contribution < -0.4 is 4.74 Å². The Bertz CT molecular complexity index is 556. The molecule has 1 heterocycles. The minimum atomic E-state index is -0.499. The van der Waals surface area contributed by atoms with E-state index >= 15 is 0 Å². The van der Waals surface area contributed by atoms with Crippen LogP contribution in [0.4, 0.5) is 4.39 Å². The number of hydrogen-bond donors (Lipinski definition) is 0. The molecule has 6 heteroatoms. The monoisotopic (exact) mass is 270 g/mol. The van der Waals surface area contributed by atoms with E-state index in [0.29, 0.717) is 16.1 Å². The summed E-state index contributed by atoms with van der Waals surface area (Å²) in [5.74, 6) is 0.895. The van der Waals surface area contributed by atoms with Crippen molar-refractivity contribution in [3.05, 3.63) is 34.9 Å². The molecule has 1 aliphatic rings. The molecule has 0 bridgehead atoms. The molecule has 0 spiro atoms. The molecule has 1 aromatic heterocycles. The van der Waals surface area contributed by atoms with E-state index in [1.54, 1.807) is 6.07 Å². The van der Waals surface area contributed by atoms with Gasteiger partial charge in [0.15, 0.2) is 11.6 Å². The van der Waals surface area contributed by atoms with Gasteiger partial charge in [0.2, 0.25) is 0 Å². The van der Waals surface area contributed by atoms with Crippen molar-refractivity contribution in [2.24, 2.45) is 0 Å². The van der Waals surface area contributed by atoms with Crippen molar-refractivity contribution in [2.45, 2.75) is 18.8 Å². The number of rotatable bonds is 3. The van der Waals surface area contributed by atoms with Crippen LogP contribution in [0.25, 0.3) is 0 Å². The lowest BCUT2D eigenvalue weighted by molar-refractivity contribution is 0.438. The van der Waals surface area contributed by atoms with Gasteiger partial charge in [-0.15, -0.1) is 0 Å². The Balaban J connectivity index is 1.80. The standard InChI is InChI=1S/C11H8ClFN2OS/c12-7-3-4-9(8(13)5-7)16-11-14-10(15-17-11)6-1-2-6/h3-6H,1-2H2. The van der Waals surface area contributed by atoms with Gasteiger partial charge in [-0.3, -0.25) is 0 Å². The molecule has 0 amide bonds. The van der Waals surface area contributed by atoms with Crippen LogP contribution in [0.15, 0.2) is 18.2 Å². The van der Waals surface area contributed by atoms with Crippen LogP contribution >= 0.6 is 23.1 Å². The fourth-order valence-corrected chi connectivity index (χ4v) is 2.20. The van der Waals surface area contributed by atoms with Crippen molar-refractivity contribution in [3.63, 3.8) is 0 Å². The van der Waals surface area contributed by atoms with Crippen LogP contribution in [0.3, 0.4) is 0 Å². The molecule has 17 heavy (non-hydrogen) atoms. The van der Waals surface area contributed by atoms with Gasteiger partial charge in [-0.25, -0.2) is 4.39 Å². The zero-order valence-corrected chi connectivity index (χ0v) is 10.3. The van der Waals surface area contributed by atoms with Gasteiger partial charge in [0.1, 0.15) is 5.82 Å². The van der Waals surface area contributed by atoms with E-state index in [-0.39, 0.29) is 5.75 Å². The maximum atomic E-state index is 13.5. The van der Waals surface area contributed by atoms with E-state index in [9.17, 15) is 4.39 Å². The van der Waals surface area contributed by atoms with E-state index in [2.05, 4.69) is 9.36 Å². The minimum absolute atomic E-state index is 0.118. The lowest BCUT2D eigenvalue weighted by atomic mass is 10.3. The molecular formula is C11H8ClFN2OS. The van der Waals surface area contributed by atoms with Crippen molar-refractivity contribution >= 4 is 23.1 Å². The molecule has 2 aromatic rings. The number of benzene rings is 1.